The van der Waals surface area contributed by atoms with Crippen molar-refractivity contribution >= 4 is 5.97 Å². The summed E-state index contributed by atoms with van der Waals surface area (Å²) in [4.78, 5) is 16.5. The van der Waals surface area contributed by atoms with Gasteiger partial charge in [0.2, 0.25) is 0 Å². The minimum atomic E-state index is -0.101. The van der Waals surface area contributed by atoms with Crippen LogP contribution in [0.1, 0.15) is 45.4 Å². The van der Waals surface area contributed by atoms with E-state index in [0.717, 1.165) is 19.0 Å². The van der Waals surface area contributed by atoms with Gasteiger partial charge in [0, 0.05) is 6.54 Å². The molecule has 0 amide bonds. The number of ether oxygens (including phenoxy) is 1. The predicted molar refractivity (Wildman–Crippen MR) is 80.7 cm³/mol. The van der Waals surface area contributed by atoms with Crippen LogP contribution in [0.4, 0.5) is 0 Å². The van der Waals surface area contributed by atoms with E-state index < -0.39 is 0 Å². The summed E-state index contributed by atoms with van der Waals surface area (Å²) in [5.41, 5.74) is 0. The molecule has 2 aliphatic rings. The van der Waals surface area contributed by atoms with E-state index in [0.29, 0.717) is 0 Å². The van der Waals surface area contributed by atoms with Crippen molar-refractivity contribution < 1.29 is 9.53 Å². The second-order valence-electron chi connectivity index (χ2n) is 6.39. The standard InChI is InChI=1S/C16H30N2O2/c1-14(16(19)20-2)18-11-7-15(8-12-18)13-17-9-5-3-4-6-10-17/h14-15H,3-13H2,1-2H3/t14-/m0/s1. The average Bonchev–Trinajstić information content (AvgIpc) is 2.75. The molecule has 0 bridgehead atoms. The Kier molecular flexibility index (Phi) is 6.30. The van der Waals surface area contributed by atoms with Gasteiger partial charge < -0.3 is 9.64 Å². The molecular formula is C16H30N2O2. The summed E-state index contributed by atoms with van der Waals surface area (Å²) in [6.07, 6.45) is 8.00. The molecule has 2 rings (SSSR count). The van der Waals surface area contributed by atoms with Gasteiger partial charge in [0.05, 0.1) is 7.11 Å². The zero-order valence-electron chi connectivity index (χ0n) is 13.1. The molecule has 1 atom stereocenters. The van der Waals surface area contributed by atoms with Crippen LogP contribution in [0.5, 0.6) is 0 Å². The molecule has 4 nitrogen and oxygen atoms in total. The van der Waals surface area contributed by atoms with Crippen molar-refractivity contribution in [2.75, 3.05) is 39.8 Å². The fourth-order valence-electron chi connectivity index (χ4n) is 3.53. The number of carbonyl (C=O) groups is 1. The summed E-state index contributed by atoms with van der Waals surface area (Å²) < 4.78 is 4.84. The van der Waals surface area contributed by atoms with Gasteiger partial charge in [-0.3, -0.25) is 9.69 Å². The number of carbonyl (C=O) groups excluding carboxylic acids is 1. The number of hydrogen-bond acceptors (Lipinski definition) is 4. The molecule has 0 aromatic rings. The summed E-state index contributed by atoms with van der Waals surface area (Å²) in [5.74, 6) is 0.713. The number of esters is 1. The molecule has 4 heteroatoms. The fraction of sp³-hybridized carbons (Fsp3) is 0.938. The highest BCUT2D eigenvalue weighted by Gasteiger charge is 2.27. The van der Waals surface area contributed by atoms with Gasteiger partial charge >= 0.3 is 5.97 Å². The van der Waals surface area contributed by atoms with Crippen molar-refractivity contribution in [3.05, 3.63) is 0 Å². The number of likely N-dealkylation sites (tertiary alicyclic amines) is 2. The van der Waals surface area contributed by atoms with E-state index in [4.69, 9.17) is 4.74 Å². The second kappa shape index (κ2) is 7.99. The lowest BCUT2D eigenvalue weighted by Crippen LogP contribution is -2.46. The normalized spacial score (nSPS) is 25.1. The topological polar surface area (TPSA) is 32.8 Å². The highest BCUT2D eigenvalue weighted by atomic mass is 16.5. The van der Waals surface area contributed by atoms with Crippen molar-refractivity contribution in [2.45, 2.75) is 51.5 Å². The largest absolute Gasteiger partial charge is 0.468 e. The number of nitrogens with zero attached hydrogens (tertiary/aromatic N) is 2. The molecule has 116 valence electrons. The van der Waals surface area contributed by atoms with Gasteiger partial charge in [0.15, 0.2) is 0 Å². The number of rotatable bonds is 4. The van der Waals surface area contributed by atoms with Crippen LogP contribution in [0.25, 0.3) is 0 Å². The van der Waals surface area contributed by atoms with Gasteiger partial charge in [0.25, 0.3) is 0 Å². The zero-order valence-corrected chi connectivity index (χ0v) is 13.1. The Balaban J connectivity index is 1.72. The highest BCUT2D eigenvalue weighted by molar-refractivity contribution is 5.75. The van der Waals surface area contributed by atoms with Gasteiger partial charge in [0.1, 0.15) is 6.04 Å². The maximum Gasteiger partial charge on any atom is 0.322 e. The Hall–Kier alpha value is -0.610. The third kappa shape index (κ3) is 4.45. The van der Waals surface area contributed by atoms with Crippen molar-refractivity contribution in [1.82, 2.24) is 9.80 Å². The first kappa shape index (κ1) is 15.8. The molecule has 2 aliphatic heterocycles. The lowest BCUT2D eigenvalue weighted by molar-refractivity contribution is -0.146. The van der Waals surface area contributed by atoms with Crippen molar-refractivity contribution in [1.29, 1.82) is 0 Å². The van der Waals surface area contributed by atoms with E-state index in [-0.39, 0.29) is 12.0 Å². The number of methoxy groups -OCH3 is 1. The molecule has 0 aromatic carbocycles. The first-order chi connectivity index (χ1) is 9.70. The van der Waals surface area contributed by atoms with Crippen LogP contribution in [-0.4, -0.2) is 61.6 Å². The summed E-state index contributed by atoms with van der Waals surface area (Å²) in [7, 11) is 1.48. The molecular weight excluding hydrogens is 252 g/mol. The van der Waals surface area contributed by atoms with Crippen LogP contribution in [0.15, 0.2) is 0 Å². The molecule has 0 aromatic heterocycles. The smallest absolute Gasteiger partial charge is 0.322 e. The van der Waals surface area contributed by atoms with Crippen LogP contribution in [0.3, 0.4) is 0 Å². The highest BCUT2D eigenvalue weighted by Crippen LogP contribution is 2.21. The molecule has 2 saturated heterocycles. The number of hydrogen-bond donors (Lipinski definition) is 0. The van der Waals surface area contributed by atoms with Gasteiger partial charge in [-0.25, -0.2) is 0 Å². The molecule has 2 heterocycles. The molecule has 0 radical (unpaired) electrons. The molecule has 20 heavy (non-hydrogen) atoms. The monoisotopic (exact) mass is 282 g/mol. The summed E-state index contributed by atoms with van der Waals surface area (Å²) in [5, 5.41) is 0. The van der Waals surface area contributed by atoms with Gasteiger partial charge in [-0.05, 0) is 64.7 Å². The Labute approximate surface area is 123 Å². The molecule has 0 unspecified atom stereocenters. The molecule has 0 spiro atoms. The Bertz CT molecular complexity index is 293. The van der Waals surface area contributed by atoms with Gasteiger partial charge in [-0.15, -0.1) is 0 Å². The zero-order chi connectivity index (χ0) is 14.4. The van der Waals surface area contributed by atoms with Gasteiger partial charge in [-0.1, -0.05) is 12.8 Å². The first-order valence-corrected chi connectivity index (χ1v) is 8.25. The van der Waals surface area contributed by atoms with E-state index in [1.165, 1.54) is 65.3 Å². The predicted octanol–water partition coefficient (Wildman–Crippen LogP) is 2.14. The van der Waals surface area contributed by atoms with E-state index in [2.05, 4.69) is 9.80 Å². The molecule has 0 saturated carbocycles. The van der Waals surface area contributed by atoms with Crippen LogP contribution < -0.4 is 0 Å². The summed E-state index contributed by atoms with van der Waals surface area (Å²) in [6, 6.07) is -0.0841. The Morgan fingerprint density at radius 2 is 1.70 bits per heavy atom. The van der Waals surface area contributed by atoms with Crippen LogP contribution in [0.2, 0.25) is 0 Å². The third-order valence-electron chi connectivity index (χ3n) is 4.95. The van der Waals surface area contributed by atoms with Gasteiger partial charge in [-0.2, -0.15) is 0 Å². The van der Waals surface area contributed by atoms with Crippen molar-refractivity contribution in [2.24, 2.45) is 5.92 Å². The second-order valence-corrected chi connectivity index (χ2v) is 6.39. The lowest BCUT2D eigenvalue weighted by Gasteiger charge is -2.36. The molecule has 0 aliphatic carbocycles. The first-order valence-electron chi connectivity index (χ1n) is 8.25. The maximum absolute atomic E-state index is 11.6. The number of piperidine rings is 1. The quantitative estimate of drug-likeness (QED) is 0.740. The van der Waals surface area contributed by atoms with E-state index in [1.54, 1.807) is 0 Å². The molecule has 0 N–H and O–H groups in total. The minimum absolute atomic E-state index is 0.0841. The van der Waals surface area contributed by atoms with Crippen LogP contribution in [0, 0.1) is 5.92 Å². The van der Waals surface area contributed by atoms with E-state index >= 15 is 0 Å². The van der Waals surface area contributed by atoms with Crippen molar-refractivity contribution in [3.8, 4) is 0 Å². The SMILES string of the molecule is COC(=O)[C@H](C)N1CCC(CN2CCCCCC2)CC1. The maximum atomic E-state index is 11.6. The third-order valence-corrected chi connectivity index (χ3v) is 4.95. The lowest BCUT2D eigenvalue weighted by atomic mass is 9.95. The van der Waals surface area contributed by atoms with E-state index in [1.807, 2.05) is 6.92 Å². The minimum Gasteiger partial charge on any atom is -0.468 e. The Morgan fingerprint density at radius 1 is 1.10 bits per heavy atom. The summed E-state index contributed by atoms with van der Waals surface area (Å²) in [6.45, 7) is 7.88. The van der Waals surface area contributed by atoms with Crippen LogP contribution >= 0.6 is 0 Å². The Morgan fingerprint density at radius 3 is 2.25 bits per heavy atom. The average molecular weight is 282 g/mol. The fourth-order valence-corrected chi connectivity index (χ4v) is 3.53. The summed E-state index contributed by atoms with van der Waals surface area (Å²) >= 11 is 0. The van der Waals surface area contributed by atoms with E-state index in [9.17, 15) is 4.79 Å². The van der Waals surface area contributed by atoms with Crippen LogP contribution in [-0.2, 0) is 9.53 Å². The molecule has 2 fully saturated rings. The van der Waals surface area contributed by atoms with Crippen molar-refractivity contribution in [3.63, 3.8) is 0 Å².